The Morgan fingerprint density at radius 3 is 1.97 bits per heavy atom. The number of hydrogen-bond donors (Lipinski definition) is 0. The Labute approximate surface area is 433 Å². The van der Waals surface area contributed by atoms with Crippen LogP contribution >= 0.6 is 0 Å². The minimum atomic E-state index is -2.19. The first-order valence-electron chi connectivity index (χ1n) is 26.2. The van der Waals surface area contributed by atoms with E-state index in [1.54, 1.807) is 12.1 Å². The first kappa shape index (κ1) is 43.2. The van der Waals surface area contributed by atoms with Crippen molar-refractivity contribution >= 4 is 46.2 Å². The van der Waals surface area contributed by atoms with E-state index in [1.165, 1.54) is 10.8 Å². The zero-order chi connectivity index (χ0) is 51.1. The van der Waals surface area contributed by atoms with E-state index in [4.69, 9.17) is 4.42 Å². The van der Waals surface area contributed by atoms with E-state index in [0.29, 0.717) is 0 Å². The number of aromatic nitrogens is 3. The van der Waals surface area contributed by atoms with Crippen LogP contribution in [0.5, 0.6) is 0 Å². The van der Waals surface area contributed by atoms with Gasteiger partial charge in [-0.25, -0.2) is 4.39 Å². The van der Waals surface area contributed by atoms with Crippen LogP contribution in [0.15, 0.2) is 217 Å². The molecular formula is C68H54FN3OSi+2. The van der Waals surface area contributed by atoms with Crippen LogP contribution in [0.1, 0.15) is 43.4 Å². The summed E-state index contributed by atoms with van der Waals surface area (Å²) in [6.45, 7) is 13.2. The van der Waals surface area contributed by atoms with Crippen molar-refractivity contribution in [3.8, 4) is 72.8 Å². The van der Waals surface area contributed by atoms with Gasteiger partial charge in [-0.2, -0.15) is 4.57 Å². The Bertz CT molecular complexity index is 4340. The number of imidazole rings is 1. The summed E-state index contributed by atoms with van der Waals surface area (Å²) >= 11 is 0. The Balaban J connectivity index is 1.22. The summed E-state index contributed by atoms with van der Waals surface area (Å²) in [5, 5.41) is 3.23. The number of furan rings is 1. The second-order valence-electron chi connectivity index (χ2n) is 21.5. The molecule has 0 amide bonds. The van der Waals surface area contributed by atoms with E-state index < -0.39 is 19.6 Å². The average Bonchev–Trinajstić information content (AvgIpc) is 4.26. The predicted octanol–water partition coefficient (Wildman–Crippen LogP) is 16.1. The van der Waals surface area contributed by atoms with Gasteiger partial charge in [0, 0.05) is 29.0 Å². The van der Waals surface area contributed by atoms with Gasteiger partial charge in [0.05, 0.1) is 24.8 Å². The Morgan fingerprint density at radius 1 is 0.595 bits per heavy atom. The molecule has 0 aliphatic carbocycles. The summed E-state index contributed by atoms with van der Waals surface area (Å²) in [7, 11) is -2.19. The molecule has 4 nitrogen and oxygen atoms in total. The number of aryl methyl sites for hydroxylation is 1. The number of fused-ring (bicyclic) bond motifs is 16. The zero-order valence-electron chi connectivity index (χ0n) is 43.3. The van der Waals surface area contributed by atoms with E-state index in [1.807, 2.05) is 19.9 Å². The van der Waals surface area contributed by atoms with Gasteiger partial charge in [-0.1, -0.05) is 173 Å². The Kier molecular flexibility index (Phi) is 9.49. The molecule has 0 bridgehead atoms. The molecular weight excluding hydrogens is 922 g/mol. The molecule has 1 unspecified atom stereocenters. The van der Waals surface area contributed by atoms with Gasteiger partial charge in [-0.05, 0) is 124 Å². The lowest BCUT2D eigenvalue weighted by molar-refractivity contribution is -0.944. The molecule has 74 heavy (non-hydrogen) atoms. The van der Waals surface area contributed by atoms with Gasteiger partial charge < -0.3 is 4.42 Å². The minimum Gasteiger partial charge on any atom is -0.455 e. The van der Waals surface area contributed by atoms with Crippen molar-refractivity contribution in [2.75, 3.05) is 0 Å². The highest BCUT2D eigenvalue weighted by atomic mass is 28.3. The zero-order valence-corrected chi connectivity index (χ0v) is 43.3. The highest BCUT2D eigenvalue weighted by Gasteiger charge is 2.67. The van der Waals surface area contributed by atoms with Crippen LogP contribution in [0.4, 0.5) is 4.39 Å². The van der Waals surface area contributed by atoms with E-state index in [9.17, 15) is 1.37 Å². The number of rotatable bonds is 7. The third kappa shape index (κ3) is 6.31. The SMILES string of the molecule is [2H]C(C)(C)c1cc2[n+](cc1[Si](C)(C)C)C1(c3cc(F)ccc3-2)c2cc(-c3ccccc3)c3c(oc4cc(-c5ccccc5C)ccc43)c2-c2n(-c3ccc(-c4ccccc4)cc3-c3ccccc3)c3ccccc3[n+]21. The summed E-state index contributed by atoms with van der Waals surface area (Å²) in [6, 6.07) is 72.6. The highest BCUT2D eigenvalue weighted by Crippen LogP contribution is 2.55. The third-order valence-corrected chi connectivity index (χ3v) is 17.9. The number of benzene rings is 9. The van der Waals surface area contributed by atoms with Crippen molar-refractivity contribution in [2.45, 2.75) is 52.0 Å². The van der Waals surface area contributed by atoms with Crippen molar-refractivity contribution in [1.29, 1.82) is 0 Å². The van der Waals surface area contributed by atoms with E-state index in [0.717, 1.165) is 123 Å². The summed E-state index contributed by atoms with van der Waals surface area (Å²) in [4.78, 5) is 0. The van der Waals surface area contributed by atoms with Crippen molar-refractivity contribution in [1.82, 2.24) is 4.57 Å². The number of halogens is 1. The molecule has 9 aromatic carbocycles. The van der Waals surface area contributed by atoms with Crippen LogP contribution in [0.25, 0.3) is 106 Å². The topological polar surface area (TPSA) is 25.8 Å². The molecule has 0 N–H and O–H groups in total. The molecule has 0 saturated heterocycles. The lowest BCUT2D eigenvalue weighted by atomic mass is 9.85. The standard InChI is InChI=1S/C68H54FN3OSi/c1-42(2)53-40-61-51-34-32-49(69)38-56(51)68(70(61)41-63(53)74(4,5)6)57-39-55(46-25-14-9-15-26-46)64-52-33-30-48(50-27-17-16-20-43(50)3)37-62(52)73-66(64)65(57)67-71(59-28-18-19-29-60(59)72(67)68)58-35-31-47(44-21-10-7-11-22-44)36-54(58)45-23-12-8-13-24-45/h7-42H,1-6H3/q+2/i42D. The minimum absolute atomic E-state index is 0.313. The fourth-order valence-corrected chi connectivity index (χ4v) is 14.2. The predicted molar refractivity (Wildman–Crippen MR) is 303 cm³/mol. The van der Waals surface area contributed by atoms with Gasteiger partial charge in [-0.15, -0.1) is 9.13 Å². The van der Waals surface area contributed by atoms with Gasteiger partial charge >= 0.3 is 11.5 Å². The lowest BCUT2D eigenvalue weighted by Gasteiger charge is -2.25. The molecule has 1 spiro atoms. The van der Waals surface area contributed by atoms with E-state index in [-0.39, 0.29) is 5.82 Å². The maximum Gasteiger partial charge on any atom is 0.365 e. The number of nitrogens with zero attached hydrogens (tertiary/aromatic N) is 3. The molecule has 2 aliphatic rings. The molecule has 6 heteroatoms. The molecule has 0 saturated carbocycles. The van der Waals surface area contributed by atoms with E-state index >= 15 is 4.39 Å². The van der Waals surface area contributed by atoms with Gasteiger partial charge in [0.15, 0.2) is 22.8 Å². The van der Waals surface area contributed by atoms with E-state index in [2.05, 4.69) is 235 Å². The first-order valence-corrected chi connectivity index (χ1v) is 29.2. The molecule has 14 rings (SSSR count). The lowest BCUT2D eigenvalue weighted by Crippen LogP contribution is -2.72. The quantitative estimate of drug-likeness (QED) is 0.115. The summed E-state index contributed by atoms with van der Waals surface area (Å²) < 4.78 is 41.5. The molecule has 356 valence electrons. The fourth-order valence-electron chi connectivity index (χ4n) is 12.5. The molecule has 12 aromatic rings. The van der Waals surface area contributed by atoms with Crippen LogP contribution in [0.3, 0.4) is 0 Å². The van der Waals surface area contributed by atoms with Gasteiger partial charge in [0.1, 0.15) is 22.7 Å². The van der Waals surface area contributed by atoms with Crippen molar-refractivity contribution < 1.29 is 19.3 Å². The van der Waals surface area contributed by atoms with Crippen LogP contribution in [-0.2, 0) is 5.66 Å². The van der Waals surface area contributed by atoms with Crippen molar-refractivity contribution in [3.63, 3.8) is 0 Å². The third-order valence-electron chi connectivity index (χ3n) is 15.8. The van der Waals surface area contributed by atoms with Crippen molar-refractivity contribution in [3.05, 3.63) is 241 Å². The molecule has 5 heterocycles. The average molecular weight is 977 g/mol. The van der Waals surface area contributed by atoms with Crippen LogP contribution in [-0.4, -0.2) is 12.6 Å². The Hall–Kier alpha value is -8.45. The summed E-state index contributed by atoms with van der Waals surface area (Å²) in [6.07, 6.45) is 2.35. The summed E-state index contributed by atoms with van der Waals surface area (Å²) in [5.74, 6) is -0.290. The van der Waals surface area contributed by atoms with Gasteiger partial charge in [0.25, 0.3) is 0 Å². The second-order valence-corrected chi connectivity index (χ2v) is 26.5. The molecule has 1 atom stereocenters. The fraction of sp³-hybridized carbons (Fsp3) is 0.118. The molecule has 0 fully saturated rings. The van der Waals surface area contributed by atoms with Crippen LogP contribution in [0.2, 0.25) is 19.6 Å². The van der Waals surface area contributed by atoms with Crippen molar-refractivity contribution in [2.24, 2.45) is 0 Å². The first-order chi connectivity index (χ1) is 36.3. The highest BCUT2D eigenvalue weighted by molar-refractivity contribution is 6.89. The van der Waals surface area contributed by atoms with Crippen LogP contribution < -0.4 is 14.3 Å². The molecule has 3 aromatic heterocycles. The summed E-state index contributed by atoms with van der Waals surface area (Å²) in [5.41, 5.74) is 18.9. The normalized spacial score (nSPS) is 14.9. The van der Waals surface area contributed by atoms with Crippen LogP contribution in [0, 0.1) is 12.7 Å². The maximum atomic E-state index is 16.8. The number of hydrogen-bond acceptors (Lipinski definition) is 1. The Morgan fingerprint density at radius 2 is 1.26 bits per heavy atom. The smallest absolute Gasteiger partial charge is 0.365 e. The number of pyridine rings is 1. The second kappa shape index (κ2) is 16.3. The monoisotopic (exact) mass is 976 g/mol. The van der Waals surface area contributed by atoms with Gasteiger partial charge in [-0.3, -0.25) is 0 Å². The number of para-hydroxylation sites is 2. The molecule has 2 aliphatic heterocycles. The van der Waals surface area contributed by atoms with Gasteiger partial charge in [0.2, 0.25) is 5.69 Å². The molecule has 0 radical (unpaired) electrons. The maximum absolute atomic E-state index is 16.8. The largest absolute Gasteiger partial charge is 0.455 e.